The average molecular weight is 261 g/mol. The predicted molar refractivity (Wildman–Crippen MR) is 79.4 cm³/mol. The van der Waals surface area contributed by atoms with Crippen LogP contribution in [0.4, 0.5) is 11.4 Å². The average Bonchev–Trinajstić information content (AvgIpc) is 2.87. The fourth-order valence-corrected chi connectivity index (χ4v) is 2.69. The molecule has 19 heavy (non-hydrogen) atoms. The molecule has 0 spiro atoms. The molecule has 2 rings (SSSR count). The van der Waals surface area contributed by atoms with Crippen molar-refractivity contribution in [1.29, 1.82) is 0 Å². The molecule has 0 radical (unpaired) electrons. The third kappa shape index (κ3) is 2.83. The van der Waals surface area contributed by atoms with Crippen LogP contribution in [0.3, 0.4) is 0 Å². The fraction of sp³-hybridized carbons (Fsp3) is 0.533. The van der Waals surface area contributed by atoms with Gasteiger partial charge in [0.1, 0.15) is 0 Å². The highest BCUT2D eigenvalue weighted by molar-refractivity contribution is 6.00. The molecule has 3 N–H and O–H groups in total. The van der Waals surface area contributed by atoms with Crippen LogP contribution in [0.25, 0.3) is 0 Å². The van der Waals surface area contributed by atoms with E-state index < -0.39 is 0 Å². The van der Waals surface area contributed by atoms with E-state index in [1.807, 2.05) is 12.1 Å². The molecule has 1 aliphatic rings. The Hall–Kier alpha value is -1.71. The molecule has 0 saturated carbocycles. The number of rotatable bonds is 3. The van der Waals surface area contributed by atoms with Gasteiger partial charge in [0.15, 0.2) is 0 Å². The lowest BCUT2D eigenvalue weighted by Gasteiger charge is -2.23. The summed E-state index contributed by atoms with van der Waals surface area (Å²) in [5.41, 5.74) is 8.25. The quantitative estimate of drug-likeness (QED) is 0.819. The number of anilines is 2. The number of benzene rings is 1. The molecule has 1 saturated heterocycles. The first kappa shape index (κ1) is 13.7. The van der Waals surface area contributed by atoms with Gasteiger partial charge >= 0.3 is 0 Å². The van der Waals surface area contributed by atoms with Gasteiger partial charge in [0.25, 0.3) is 5.91 Å². The van der Waals surface area contributed by atoms with Gasteiger partial charge in [-0.25, -0.2) is 0 Å². The molecule has 1 atom stereocenters. The Morgan fingerprint density at radius 2 is 2.21 bits per heavy atom. The summed E-state index contributed by atoms with van der Waals surface area (Å²) < 4.78 is 0. The molecular formula is C15H23N3O. The van der Waals surface area contributed by atoms with Crippen molar-refractivity contribution < 1.29 is 4.79 Å². The maximum absolute atomic E-state index is 11.9. The summed E-state index contributed by atoms with van der Waals surface area (Å²) >= 11 is 0. The van der Waals surface area contributed by atoms with Gasteiger partial charge in [0.05, 0.1) is 11.3 Å². The van der Waals surface area contributed by atoms with Gasteiger partial charge in [0.2, 0.25) is 0 Å². The van der Waals surface area contributed by atoms with Gasteiger partial charge in [-0.05, 0) is 36.5 Å². The molecule has 4 nitrogen and oxygen atoms in total. The standard InChI is InChI=1S/C15H23N3O/c1-10(2)11-6-7-18(9-11)14-8-12(16)4-5-13(14)15(19)17-3/h4-5,8,10-11H,6-7,9,16H2,1-3H3,(H,17,19). The number of hydrogen-bond acceptors (Lipinski definition) is 3. The highest BCUT2D eigenvalue weighted by atomic mass is 16.1. The number of carbonyl (C=O) groups is 1. The molecule has 1 unspecified atom stereocenters. The van der Waals surface area contributed by atoms with Crippen LogP contribution in [0, 0.1) is 11.8 Å². The number of nitrogens with two attached hydrogens (primary N) is 1. The lowest BCUT2D eigenvalue weighted by molar-refractivity contribution is 0.0963. The second-order valence-electron chi connectivity index (χ2n) is 5.59. The zero-order valence-corrected chi connectivity index (χ0v) is 11.9. The minimum Gasteiger partial charge on any atom is -0.399 e. The number of amides is 1. The molecular weight excluding hydrogens is 238 g/mol. The Morgan fingerprint density at radius 1 is 1.47 bits per heavy atom. The first-order chi connectivity index (χ1) is 9.02. The van der Waals surface area contributed by atoms with E-state index in [4.69, 9.17) is 5.73 Å². The SMILES string of the molecule is CNC(=O)c1ccc(N)cc1N1CCC(C(C)C)C1. The van der Waals surface area contributed by atoms with Crippen LogP contribution in [-0.2, 0) is 0 Å². The number of carbonyl (C=O) groups excluding carboxylic acids is 1. The lowest BCUT2D eigenvalue weighted by Crippen LogP contribution is -2.26. The van der Waals surface area contributed by atoms with E-state index >= 15 is 0 Å². The zero-order chi connectivity index (χ0) is 14.0. The van der Waals surface area contributed by atoms with E-state index in [1.54, 1.807) is 13.1 Å². The minimum atomic E-state index is -0.0528. The number of hydrogen-bond donors (Lipinski definition) is 2. The van der Waals surface area contributed by atoms with Crippen LogP contribution in [-0.4, -0.2) is 26.0 Å². The van der Waals surface area contributed by atoms with Crippen LogP contribution in [0.2, 0.25) is 0 Å². The summed E-state index contributed by atoms with van der Waals surface area (Å²) in [5.74, 6) is 1.32. The molecule has 1 aromatic carbocycles. The number of nitrogen functional groups attached to an aromatic ring is 1. The second-order valence-corrected chi connectivity index (χ2v) is 5.59. The van der Waals surface area contributed by atoms with Crippen molar-refractivity contribution >= 4 is 17.3 Å². The zero-order valence-electron chi connectivity index (χ0n) is 11.9. The van der Waals surface area contributed by atoms with Gasteiger partial charge in [-0.3, -0.25) is 4.79 Å². The minimum absolute atomic E-state index is 0.0528. The van der Waals surface area contributed by atoms with Crippen LogP contribution < -0.4 is 16.0 Å². The molecule has 1 fully saturated rings. The van der Waals surface area contributed by atoms with Crippen LogP contribution in [0.15, 0.2) is 18.2 Å². The summed E-state index contributed by atoms with van der Waals surface area (Å²) in [6, 6.07) is 5.50. The van der Waals surface area contributed by atoms with Gasteiger partial charge in [-0.15, -0.1) is 0 Å². The fourth-order valence-electron chi connectivity index (χ4n) is 2.69. The van der Waals surface area contributed by atoms with Crippen LogP contribution in [0.1, 0.15) is 30.6 Å². The summed E-state index contributed by atoms with van der Waals surface area (Å²) in [6.07, 6.45) is 1.18. The molecule has 0 bridgehead atoms. The van der Waals surface area contributed by atoms with Gasteiger partial charge in [0, 0.05) is 25.8 Å². The maximum Gasteiger partial charge on any atom is 0.253 e. The monoisotopic (exact) mass is 261 g/mol. The first-order valence-corrected chi connectivity index (χ1v) is 6.89. The topological polar surface area (TPSA) is 58.4 Å². The molecule has 1 aromatic rings. The molecule has 4 heteroatoms. The molecule has 0 aliphatic carbocycles. The number of nitrogens with one attached hydrogen (secondary N) is 1. The van der Waals surface area contributed by atoms with Crippen molar-refractivity contribution in [2.45, 2.75) is 20.3 Å². The predicted octanol–water partition coefficient (Wildman–Crippen LogP) is 2.11. The van der Waals surface area contributed by atoms with Gasteiger partial charge in [-0.1, -0.05) is 13.8 Å². The Labute approximate surface area is 115 Å². The Bertz CT molecular complexity index is 470. The van der Waals surface area contributed by atoms with E-state index in [2.05, 4.69) is 24.1 Å². The van der Waals surface area contributed by atoms with Gasteiger partial charge in [-0.2, -0.15) is 0 Å². The van der Waals surface area contributed by atoms with Crippen molar-refractivity contribution in [2.24, 2.45) is 11.8 Å². The third-order valence-electron chi connectivity index (χ3n) is 4.00. The van der Waals surface area contributed by atoms with Crippen molar-refractivity contribution in [3.05, 3.63) is 23.8 Å². The van der Waals surface area contributed by atoms with Crippen molar-refractivity contribution in [3.63, 3.8) is 0 Å². The highest BCUT2D eigenvalue weighted by Crippen LogP contribution is 2.31. The van der Waals surface area contributed by atoms with Crippen molar-refractivity contribution in [3.8, 4) is 0 Å². The Kier molecular flexibility index (Phi) is 3.98. The highest BCUT2D eigenvalue weighted by Gasteiger charge is 2.27. The van der Waals surface area contributed by atoms with Crippen molar-refractivity contribution in [2.75, 3.05) is 30.8 Å². The van der Waals surface area contributed by atoms with Crippen molar-refractivity contribution in [1.82, 2.24) is 5.32 Å². The number of nitrogens with zero attached hydrogens (tertiary/aromatic N) is 1. The summed E-state index contributed by atoms with van der Waals surface area (Å²) in [6.45, 7) is 6.52. The van der Waals surface area contributed by atoms with E-state index in [9.17, 15) is 4.79 Å². The third-order valence-corrected chi connectivity index (χ3v) is 4.00. The van der Waals surface area contributed by atoms with Gasteiger partial charge < -0.3 is 16.0 Å². The summed E-state index contributed by atoms with van der Waals surface area (Å²) in [4.78, 5) is 14.2. The van der Waals surface area contributed by atoms with Crippen LogP contribution in [0.5, 0.6) is 0 Å². The summed E-state index contributed by atoms with van der Waals surface area (Å²) in [5, 5.41) is 2.69. The normalized spacial score (nSPS) is 18.9. The lowest BCUT2D eigenvalue weighted by atomic mass is 9.95. The first-order valence-electron chi connectivity index (χ1n) is 6.89. The largest absolute Gasteiger partial charge is 0.399 e. The van der Waals surface area contributed by atoms with E-state index in [1.165, 1.54) is 6.42 Å². The van der Waals surface area contributed by atoms with E-state index in [-0.39, 0.29) is 5.91 Å². The molecule has 1 amide bonds. The van der Waals surface area contributed by atoms with Crippen LogP contribution >= 0.6 is 0 Å². The molecule has 104 valence electrons. The second kappa shape index (κ2) is 5.51. The Balaban J connectivity index is 2.29. The molecule has 1 heterocycles. The smallest absolute Gasteiger partial charge is 0.253 e. The molecule has 1 aliphatic heterocycles. The Morgan fingerprint density at radius 3 is 2.79 bits per heavy atom. The maximum atomic E-state index is 11.9. The van der Waals surface area contributed by atoms with E-state index in [0.29, 0.717) is 23.1 Å². The summed E-state index contributed by atoms with van der Waals surface area (Å²) in [7, 11) is 1.66. The molecule has 0 aromatic heterocycles. The van der Waals surface area contributed by atoms with E-state index in [0.717, 1.165) is 18.8 Å².